The van der Waals surface area contributed by atoms with Crippen molar-refractivity contribution in [2.24, 2.45) is 10.9 Å². The first-order valence-electron chi connectivity index (χ1n) is 8.32. The Kier molecular flexibility index (Phi) is 7.01. The fourth-order valence-electron chi connectivity index (χ4n) is 2.20. The highest BCUT2D eigenvalue weighted by molar-refractivity contribution is 5.93. The van der Waals surface area contributed by atoms with Gasteiger partial charge in [0.2, 0.25) is 0 Å². The van der Waals surface area contributed by atoms with Crippen LogP contribution in [0.1, 0.15) is 18.1 Å². The van der Waals surface area contributed by atoms with E-state index in [0.29, 0.717) is 19.0 Å². The number of carbonyl (C=O) groups excluding carboxylic acids is 1. The third-order valence-corrected chi connectivity index (χ3v) is 3.76. The normalized spacial score (nSPS) is 12.4. The fourth-order valence-corrected chi connectivity index (χ4v) is 2.20. The molecule has 0 amide bonds. The predicted octanol–water partition coefficient (Wildman–Crippen LogP) is 3.36. The van der Waals surface area contributed by atoms with Crippen molar-refractivity contribution in [3.63, 3.8) is 0 Å². The molecule has 2 N–H and O–H groups in total. The van der Waals surface area contributed by atoms with Crippen molar-refractivity contribution in [2.45, 2.75) is 20.4 Å². The average Bonchev–Trinajstić information content (AvgIpc) is 2.65. The molecule has 25 heavy (non-hydrogen) atoms. The molecular weight excluding hydrogens is 314 g/mol. The van der Waals surface area contributed by atoms with Crippen molar-refractivity contribution >= 4 is 17.6 Å². The number of rotatable bonds is 6. The van der Waals surface area contributed by atoms with Crippen molar-refractivity contribution in [3.05, 3.63) is 65.7 Å². The summed E-state index contributed by atoms with van der Waals surface area (Å²) in [5.41, 5.74) is 3.28. The van der Waals surface area contributed by atoms with Crippen LogP contribution >= 0.6 is 0 Å². The smallest absolute Gasteiger partial charge is 0.310 e. The fraction of sp³-hybridized carbons (Fsp3) is 0.300. The van der Waals surface area contributed by atoms with E-state index >= 15 is 0 Å². The van der Waals surface area contributed by atoms with Gasteiger partial charge in [0.25, 0.3) is 0 Å². The van der Waals surface area contributed by atoms with Crippen molar-refractivity contribution in [1.82, 2.24) is 5.32 Å². The lowest BCUT2D eigenvalue weighted by Crippen LogP contribution is -2.36. The maximum absolute atomic E-state index is 11.6. The highest BCUT2D eigenvalue weighted by Crippen LogP contribution is 2.07. The second-order valence-electron chi connectivity index (χ2n) is 5.95. The number of esters is 1. The summed E-state index contributed by atoms with van der Waals surface area (Å²) < 4.78 is 4.76. The van der Waals surface area contributed by atoms with Gasteiger partial charge in [-0.1, -0.05) is 55.0 Å². The molecule has 0 heterocycles. The van der Waals surface area contributed by atoms with Crippen LogP contribution < -0.4 is 10.6 Å². The maximum atomic E-state index is 11.6. The minimum atomic E-state index is -0.257. The Balaban J connectivity index is 2.06. The van der Waals surface area contributed by atoms with E-state index in [4.69, 9.17) is 4.74 Å². The van der Waals surface area contributed by atoms with Gasteiger partial charge in [-0.15, -0.1) is 0 Å². The Labute approximate surface area is 149 Å². The number of nitrogens with one attached hydrogen (secondary N) is 2. The summed E-state index contributed by atoms with van der Waals surface area (Å²) in [6.45, 7) is 4.87. The maximum Gasteiger partial charge on any atom is 0.310 e. The third-order valence-electron chi connectivity index (χ3n) is 3.76. The van der Waals surface area contributed by atoms with Gasteiger partial charge in [-0.3, -0.25) is 4.79 Å². The molecule has 0 aliphatic heterocycles. The van der Waals surface area contributed by atoms with Crippen LogP contribution in [0.5, 0.6) is 0 Å². The number of ether oxygens (including phenoxy) is 1. The molecule has 0 saturated carbocycles. The van der Waals surface area contributed by atoms with Crippen molar-refractivity contribution in [2.75, 3.05) is 19.0 Å². The number of hydrogen-bond donors (Lipinski definition) is 2. The van der Waals surface area contributed by atoms with Gasteiger partial charge in [0.1, 0.15) is 0 Å². The first-order valence-corrected chi connectivity index (χ1v) is 8.32. The van der Waals surface area contributed by atoms with Gasteiger partial charge >= 0.3 is 5.97 Å². The molecule has 0 aliphatic rings. The molecule has 1 unspecified atom stereocenters. The largest absolute Gasteiger partial charge is 0.469 e. The van der Waals surface area contributed by atoms with E-state index in [1.165, 1.54) is 12.7 Å². The SMILES string of the molecule is COC(=O)C(C)CNC(=NCc1ccc(C)cc1)Nc1ccccc1. The molecule has 0 bridgehead atoms. The van der Waals surface area contributed by atoms with Crippen LogP contribution in [-0.2, 0) is 16.1 Å². The number of carbonyl (C=O) groups is 1. The number of methoxy groups -OCH3 is 1. The number of para-hydroxylation sites is 1. The summed E-state index contributed by atoms with van der Waals surface area (Å²) in [4.78, 5) is 16.2. The minimum Gasteiger partial charge on any atom is -0.469 e. The lowest BCUT2D eigenvalue weighted by molar-refractivity contribution is -0.144. The molecule has 132 valence electrons. The van der Waals surface area contributed by atoms with Crippen molar-refractivity contribution in [3.8, 4) is 0 Å². The van der Waals surface area contributed by atoms with Crippen LogP contribution in [0.3, 0.4) is 0 Å². The first kappa shape index (κ1) is 18.5. The van der Waals surface area contributed by atoms with E-state index in [1.807, 2.05) is 37.3 Å². The van der Waals surface area contributed by atoms with Crippen LogP contribution in [0, 0.1) is 12.8 Å². The number of hydrogen-bond acceptors (Lipinski definition) is 3. The van der Waals surface area contributed by atoms with E-state index in [2.05, 4.69) is 46.8 Å². The molecule has 0 aromatic heterocycles. The van der Waals surface area contributed by atoms with Gasteiger partial charge in [-0.2, -0.15) is 0 Å². The second-order valence-corrected chi connectivity index (χ2v) is 5.95. The quantitative estimate of drug-likeness (QED) is 0.481. The highest BCUT2D eigenvalue weighted by atomic mass is 16.5. The van der Waals surface area contributed by atoms with Gasteiger partial charge in [0, 0.05) is 12.2 Å². The van der Waals surface area contributed by atoms with E-state index in [0.717, 1.165) is 11.3 Å². The third kappa shape index (κ3) is 6.30. The van der Waals surface area contributed by atoms with Gasteiger partial charge in [0.15, 0.2) is 5.96 Å². The molecule has 0 radical (unpaired) electrons. The van der Waals surface area contributed by atoms with E-state index in [1.54, 1.807) is 0 Å². The van der Waals surface area contributed by atoms with Gasteiger partial charge < -0.3 is 15.4 Å². The summed E-state index contributed by atoms with van der Waals surface area (Å²) in [5, 5.41) is 6.46. The van der Waals surface area contributed by atoms with E-state index < -0.39 is 0 Å². The van der Waals surface area contributed by atoms with Crippen molar-refractivity contribution in [1.29, 1.82) is 0 Å². The summed E-state index contributed by atoms with van der Waals surface area (Å²) in [5.74, 6) is 0.125. The molecule has 0 spiro atoms. The zero-order valence-electron chi connectivity index (χ0n) is 15.0. The van der Waals surface area contributed by atoms with Crippen molar-refractivity contribution < 1.29 is 9.53 Å². The lowest BCUT2D eigenvalue weighted by Gasteiger charge is -2.15. The number of aryl methyl sites for hydroxylation is 1. The van der Waals surface area contributed by atoms with Gasteiger partial charge in [-0.25, -0.2) is 4.99 Å². The zero-order chi connectivity index (χ0) is 18.1. The van der Waals surface area contributed by atoms with E-state index in [9.17, 15) is 4.79 Å². The second kappa shape index (κ2) is 9.47. The molecule has 2 aromatic carbocycles. The van der Waals surface area contributed by atoms with Crippen LogP contribution in [0.4, 0.5) is 5.69 Å². The topological polar surface area (TPSA) is 62.7 Å². The van der Waals surface area contributed by atoms with Gasteiger partial charge in [-0.05, 0) is 24.6 Å². The van der Waals surface area contributed by atoms with Crippen LogP contribution in [-0.4, -0.2) is 25.6 Å². The Morgan fingerprint density at radius 1 is 1.12 bits per heavy atom. The zero-order valence-corrected chi connectivity index (χ0v) is 15.0. The Morgan fingerprint density at radius 2 is 1.80 bits per heavy atom. The molecule has 5 heteroatoms. The highest BCUT2D eigenvalue weighted by Gasteiger charge is 2.13. The Morgan fingerprint density at radius 3 is 2.44 bits per heavy atom. The number of guanidine groups is 1. The number of anilines is 1. The minimum absolute atomic E-state index is 0.245. The molecular formula is C20H25N3O2. The standard InChI is InChI=1S/C20H25N3O2/c1-15-9-11-17(12-10-15)14-22-20(21-13-16(2)19(24)25-3)23-18-7-5-4-6-8-18/h4-12,16H,13-14H2,1-3H3,(H2,21,22,23). The number of aliphatic imine (C=N–C) groups is 1. The molecule has 0 saturated heterocycles. The molecule has 2 rings (SSSR count). The first-order chi connectivity index (χ1) is 12.1. The lowest BCUT2D eigenvalue weighted by atomic mass is 10.1. The number of benzene rings is 2. The van der Waals surface area contributed by atoms with E-state index in [-0.39, 0.29) is 11.9 Å². The van der Waals surface area contributed by atoms with Gasteiger partial charge in [0.05, 0.1) is 19.6 Å². The molecule has 1 atom stereocenters. The van der Waals surface area contributed by atoms with Crippen LogP contribution in [0.25, 0.3) is 0 Å². The predicted molar refractivity (Wildman–Crippen MR) is 102 cm³/mol. The molecule has 2 aromatic rings. The number of nitrogens with zero attached hydrogens (tertiary/aromatic N) is 1. The van der Waals surface area contributed by atoms with Crippen LogP contribution in [0.2, 0.25) is 0 Å². The average molecular weight is 339 g/mol. The molecule has 0 aliphatic carbocycles. The summed E-state index contributed by atoms with van der Waals surface area (Å²) >= 11 is 0. The summed E-state index contributed by atoms with van der Waals surface area (Å²) in [6.07, 6.45) is 0. The summed E-state index contributed by atoms with van der Waals surface area (Å²) in [7, 11) is 1.40. The Hall–Kier alpha value is -2.82. The monoisotopic (exact) mass is 339 g/mol. The molecule has 0 fully saturated rings. The molecule has 5 nitrogen and oxygen atoms in total. The summed E-state index contributed by atoms with van der Waals surface area (Å²) in [6, 6.07) is 18.1. The van der Waals surface area contributed by atoms with Crippen LogP contribution in [0.15, 0.2) is 59.6 Å². The Bertz CT molecular complexity index is 697.